The number of fused-ring (bicyclic) bond motifs is 1. The van der Waals surface area contributed by atoms with Crippen molar-refractivity contribution in [1.82, 2.24) is 4.90 Å². The average Bonchev–Trinajstić information content (AvgIpc) is 2.72. The summed E-state index contributed by atoms with van der Waals surface area (Å²) < 4.78 is 43.5. The molecule has 4 atom stereocenters. The molecular weight excluding hydrogens is 407 g/mol. The van der Waals surface area contributed by atoms with Gasteiger partial charge in [-0.1, -0.05) is 36.4 Å². The van der Waals surface area contributed by atoms with E-state index in [-0.39, 0.29) is 30.8 Å². The molecule has 2 heterocycles. The number of hydrogen-bond acceptors (Lipinski definition) is 5. The second kappa shape index (κ2) is 8.09. The van der Waals surface area contributed by atoms with Gasteiger partial charge in [0.2, 0.25) is 0 Å². The van der Waals surface area contributed by atoms with Crippen molar-refractivity contribution in [2.75, 3.05) is 19.4 Å². The highest BCUT2D eigenvalue weighted by Gasteiger charge is 2.42. The molecule has 1 saturated heterocycles. The first-order chi connectivity index (χ1) is 14.3. The smallest absolute Gasteiger partial charge is 0.252 e. The Kier molecular flexibility index (Phi) is 5.65. The summed E-state index contributed by atoms with van der Waals surface area (Å²) in [6, 6.07) is 13.0. The average molecular weight is 433 g/mol. The van der Waals surface area contributed by atoms with Gasteiger partial charge in [-0.25, -0.2) is 12.8 Å². The standard InChI is InChI=1S/C22H25FN2O4S/c1-30(27,28)20-12-19(29-13-18(20)24)22(26)25-11-10-14-4-2-3-5-17(14)21(25)15-6-8-16(23)9-7-15/h2-9,18-21H,10-13,24H2,1H3/t18-,19-,20+,21+/m1/s1. The molecule has 1 fully saturated rings. The third-order valence-electron chi connectivity index (χ3n) is 5.99. The van der Waals surface area contributed by atoms with Crippen molar-refractivity contribution in [3.05, 3.63) is 71.0 Å². The number of halogens is 1. The molecular formula is C22H25FN2O4S. The van der Waals surface area contributed by atoms with Crippen molar-refractivity contribution in [1.29, 1.82) is 0 Å². The maximum Gasteiger partial charge on any atom is 0.252 e. The van der Waals surface area contributed by atoms with Gasteiger partial charge >= 0.3 is 0 Å². The molecule has 0 aliphatic carbocycles. The van der Waals surface area contributed by atoms with Crippen molar-refractivity contribution in [3.8, 4) is 0 Å². The lowest BCUT2D eigenvalue weighted by Gasteiger charge is -2.41. The van der Waals surface area contributed by atoms with Crippen LogP contribution >= 0.6 is 0 Å². The van der Waals surface area contributed by atoms with Crippen LogP contribution in [-0.4, -0.2) is 56.0 Å². The zero-order valence-corrected chi connectivity index (χ0v) is 17.5. The van der Waals surface area contributed by atoms with Crippen LogP contribution in [0.4, 0.5) is 4.39 Å². The van der Waals surface area contributed by atoms with Crippen LogP contribution in [0.25, 0.3) is 0 Å². The molecule has 2 aliphatic heterocycles. The normalized spacial score (nSPS) is 26.8. The Morgan fingerprint density at radius 2 is 1.87 bits per heavy atom. The van der Waals surface area contributed by atoms with Gasteiger partial charge in [0.15, 0.2) is 9.84 Å². The maximum absolute atomic E-state index is 13.5. The van der Waals surface area contributed by atoms with Crippen LogP contribution in [0.15, 0.2) is 48.5 Å². The largest absolute Gasteiger partial charge is 0.367 e. The van der Waals surface area contributed by atoms with E-state index < -0.39 is 27.2 Å². The van der Waals surface area contributed by atoms with E-state index in [4.69, 9.17) is 10.5 Å². The molecule has 1 amide bonds. The Balaban J connectivity index is 1.68. The van der Waals surface area contributed by atoms with Crippen LogP contribution in [0.5, 0.6) is 0 Å². The van der Waals surface area contributed by atoms with E-state index in [1.165, 1.54) is 12.1 Å². The minimum atomic E-state index is -3.41. The second-order valence-electron chi connectivity index (χ2n) is 8.02. The van der Waals surface area contributed by atoms with Gasteiger partial charge in [0.05, 0.1) is 17.9 Å². The molecule has 0 spiro atoms. The molecule has 6 nitrogen and oxygen atoms in total. The third-order valence-corrected chi connectivity index (χ3v) is 7.63. The summed E-state index contributed by atoms with van der Waals surface area (Å²) in [5.41, 5.74) is 8.85. The molecule has 2 aromatic carbocycles. The number of carbonyl (C=O) groups is 1. The van der Waals surface area contributed by atoms with Gasteiger partial charge in [-0.15, -0.1) is 0 Å². The van der Waals surface area contributed by atoms with Crippen molar-refractivity contribution in [3.63, 3.8) is 0 Å². The van der Waals surface area contributed by atoms with Crippen LogP contribution in [0.3, 0.4) is 0 Å². The van der Waals surface area contributed by atoms with Gasteiger partial charge in [-0.3, -0.25) is 4.79 Å². The molecule has 8 heteroatoms. The van der Waals surface area contributed by atoms with Crippen LogP contribution in [-0.2, 0) is 25.8 Å². The highest BCUT2D eigenvalue weighted by molar-refractivity contribution is 7.91. The van der Waals surface area contributed by atoms with E-state index >= 15 is 0 Å². The van der Waals surface area contributed by atoms with Crippen molar-refractivity contribution < 1.29 is 22.3 Å². The SMILES string of the molecule is CS(=O)(=O)[C@H]1C[C@H](C(=O)N2CCc3ccccc3[C@@H]2c2ccc(F)cc2)OC[C@H]1N. The first-order valence-corrected chi connectivity index (χ1v) is 11.9. The van der Waals surface area contributed by atoms with E-state index in [0.717, 1.165) is 22.9 Å². The van der Waals surface area contributed by atoms with Crippen molar-refractivity contribution in [2.45, 2.75) is 36.3 Å². The van der Waals surface area contributed by atoms with Crippen LogP contribution in [0, 0.1) is 5.82 Å². The predicted octanol–water partition coefficient (Wildman–Crippen LogP) is 1.83. The number of rotatable bonds is 3. The third kappa shape index (κ3) is 3.99. The van der Waals surface area contributed by atoms with Crippen LogP contribution in [0.2, 0.25) is 0 Å². The van der Waals surface area contributed by atoms with Gasteiger partial charge in [-0.05, 0) is 35.2 Å². The monoisotopic (exact) mass is 432 g/mol. The summed E-state index contributed by atoms with van der Waals surface area (Å²) in [6.07, 6.45) is 0.981. The molecule has 0 bridgehead atoms. The maximum atomic E-state index is 13.5. The molecule has 0 saturated carbocycles. The molecule has 2 aromatic rings. The summed E-state index contributed by atoms with van der Waals surface area (Å²) in [5, 5.41) is -0.818. The van der Waals surface area contributed by atoms with E-state index in [0.29, 0.717) is 13.0 Å². The highest BCUT2D eigenvalue weighted by atomic mass is 32.2. The summed E-state index contributed by atoms with van der Waals surface area (Å²) in [6.45, 7) is 0.479. The molecule has 0 radical (unpaired) electrons. The Bertz CT molecular complexity index is 1040. The number of ether oxygens (including phenoxy) is 1. The van der Waals surface area contributed by atoms with Crippen molar-refractivity contribution >= 4 is 15.7 Å². The number of carbonyl (C=O) groups excluding carboxylic acids is 1. The molecule has 0 aromatic heterocycles. The Labute approximate surface area is 175 Å². The van der Waals surface area contributed by atoms with Gasteiger partial charge in [-0.2, -0.15) is 0 Å². The van der Waals surface area contributed by atoms with Crippen molar-refractivity contribution in [2.24, 2.45) is 5.73 Å². The fourth-order valence-electron chi connectivity index (χ4n) is 4.45. The summed E-state index contributed by atoms with van der Waals surface area (Å²) >= 11 is 0. The molecule has 30 heavy (non-hydrogen) atoms. The number of sulfone groups is 1. The fraction of sp³-hybridized carbons (Fsp3) is 0.409. The van der Waals surface area contributed by atoms with E-state index in [2.05, 4.69) is 0 Å². The number of benzene rings is 2. The number of nitrogens with zero attached hydrogens (tertiary/aromatic N) is 1. The predicted molar refractivity (Wildman–Crippen MR) is 111 cm³/mol. The second-order valence-corrected chi connectivity index (χ2v) is 10.3. The number of nitrogens with two attached hydrogens (primary N) is 1. The zero-order chi connectivity index (χ0) is 21.5. The Morgan fingerprint density at radius 3 is 2.57 bits per heavy atom. The molecule has 2 N–H and O–H groups in total. The number of hydrogen-bond donors (Lipinski definition) is 1. The zero-order valence-electron chi connectivity index (χ0n) is 16.7. The summed E-state index contributed by atoms with van der Waals surface area (Å²) in [5.74, 6) is -0.610. The number of amides is 1. The molecule has 2 aliphatic rings. The lowest BCUT2D eigenvalue weighted by Crippen LogP contribution is -2.55. The fourth-order valence-corrected chi connectivity index (χ4v) is 5.68. The van der Waals surface area contributed by atoms with Crippen LogP contribution < -0.4 is 5.73 Å². The van der Waals surface area contributed by atoms with Crippen LogP contribution in [0.1, 0.15) is 29.2 Å². The Hall–Kier alpha value is -2.29. The van der Waals surface area contributed by atoms with Gasteiger partial charge in [0.1, 0.15) is 11.9 Å². The molecule has 0 unspecified atom stereocenters. The Morgan fingerprint density at radius 1 is 1.17 bits per heavy atom. The molecule has 4 rings (SSSR count). The molecule has 160 valence electrons. The topological polar surface area (TPSA) is 89.7 Å². The van der Waals surface area contributed by atoms with E-state index in [1.54, 1.807) is 17.0 Å². The summed E-state index contributed by atoms with van der Waals surface area (Å²) in [7, 11) is -3.41. The minimum absolute atomic E-state index is 0.0137. The van der Waals surface area contributed by atoms with E-state index in [9.17, 15) is 17.6 Å². The summed E-state index contributed by atoms with van der Waals surface area (Å²) in [4.78, 5) is 15.2. The highest BCUT2D eigenvalue weighted by Crippen LogP contribution is 2.36. The lowest BCUT2D eigenvalue weighted by molar-refractivity contribution is -0.149. The van der Waals surface area contributed by atoms with Gasteiger partial charge in [0.25, 0.3) is 5.91 Å². The first-order valence-electron chi connectivity index (χ1n) is 9.95. The quantitative estimate of drug-likeness (QED) is 0.799. The minimum Gasteiger partial charge on any atom is -0.367 e. The van der Waals surface area contributed by atoms with Gasteiger partial charge in [0, 0.05) is 25.3 Å². The van der Waals surface area contributed by atoms with Gasteiger partial charge < -0.3 is 15.4 Å². The van der Waals surface area contributed by atoms with E-state index in [1.807, 2.05) is 24.3 Å². The first kappa shape index (κ1) is 21.0. The lowest BCUT2D eigenvalue weighted by atomic mass is 9.87.